The number of primary amides is 1. The number of rotatable bonds is 50. The Kier molecular flexibility index (Phi) is 40.8. The van der Waals surface area contributed by atoms with Crippen LogP contribution in [0.3, 0.4) is 0 Å². The van der Waals surface area contributed by atoms with Gasteiger partial charge in [-0.2, -0.15) is 25.3 Å². The van der Waals surface area contributed by atoms with Crippen LogP contribution in [0.4, 0.5) is 0 Å². The minimum absolute atomic E-state index is 0.00385. The highest BCUT2D eigenvalue weighted by molar-refractivity contribution is 7.81. The van der Waals surface area contributed by atoms with Crippen LogP contribution in [-0.2, 0) is 81.6 Å². The molecule has 13 atom stereocenters. The molecule has 111 heavy (non-hydrogen) atoms. The second-order valence-electron chi connectivity index (χ2n) is 26.7. The highest BCUT2D eigenvalue weighted by atomic mass is 32.1. The lowest BCUT2D eigenvalue weighted by Crippen LogP contribution is -2.63. The molecule has 0 heterocycles. The Morgan fingerprint density at radius 3 is 1.14 bits per heavy atom. The number of carbonyl (C=O) groups excluding carboxylic acids is 12. The lowest BCUT2D eigenvalue weighted by molar-refractivity contribution is -0.142. The maximum Gasteiger partial charge on any atom is 0.326 e. The van der Waals surface area contributed by atoms with E-state index in [1.807, 2.05) is 0 Å². The summed E-state index contributed by atoms with van der Waals surface area (Å²) in [6.07, 6.45) is -3.81. The van der Waals surface area contributed by atoms with Crippen LogP contribution in [0.15, 0.2) is 72.8 Å². The van der Waals surface area contributed by atoms with E-state index < -0.39 is 184 Å². The molecule has 3 rings (SSSR count). The molecule has 0 fully saturated rings. The fraction of sp³-hybridized carbons (Fsp3) is 0.522. The first kappa shape index (κ1) is 94.4. The summed E-state index contributed by atoms with van der Waals surface area (Å²) < 4.78 is -1.36. The van der Waals surface area contributed by atoms with Crippen molar-refractivity contribution in [3.63, 3.8) is 0 Å². The zero-order chi connectivity index (χ0) is 83.2. The topological polar surface area (TPSA) is 709 Å². The van der Waals surface area contributed by atoms with Crippen LogP contribution in [0.2, 0.25) is 0 Å². The number of aliphatic hydroxyl groups is 1. The van der Waals surface area contributed by atoms with Gasteiger partial charge in [-0.05, 0) is 158 Å². The molecule has 3 aromatic carbocycles. The predicted octanol–water partition coefficient (Wildman–Crippen LogP) is -7.18. The Morgan fingerprint density at radius 2 is 0.757 bits per heavy atom. The normalized spacial score (nSPS) is 14.7. The van der Waals surface area contributed by atoms with Gasteiger partial charge in [0.1, 0.15) is 83.7 Å². The average Bonchev–Trinajstić information content (AvgIpc) is 0.851. The van der Waals surface area contributed by atoms with Crippen molar-refractivity contribution in [2.24, 2.45) is 40.1 Å². The molecule has 614 valence electrons. The number of phenols is 3. The second-order valence-corrected chi connectivity index (χ2v) is 28.2. The lowest BCUT2D eigenvalue weighted by Gasteiger charge is -2.32. The number of aromatic hydroxyl groups is 3. The molecule has 0 saturated carbocycles. The van der Waals surface area contributed by atoms with Gasteiger partial charge in [-0.3, -0.25) is 68.4 Å². The number of carbonyl (C=O) groups is 13. The number of carboxylic acid groups (broad SMARTS) is 1. The molecule has 0 aliphatic carbocycles. The van der Waals surface area contributed by atoms with E-state index >= 15 is 0 Å². The molecular weight excluding hydrogens is 1490 g/mol. The second kappa shape index (κ2) is 48.0. The summed E-state index contributed by atoms with van der Waals surface area (Å²) in [5, 5.41) is 98.1. The van der Waals surface area contributed by atoms with Crippen LogP contribution in [0.1, 0.15) is 102 Å². The minimum atomic E-state index is -1.91. The molecule has 12 amide bonds. The Balaban J connectivity index is 1.89. The number of hydrogen-bond acceptors (Lipinski definition) is 25. The number of phenolic OH excluding ortho intramolecular Hbond substituents is 3. The molecular formula is C69H108N22O18S2. The van der Waals surface area contributed by atoms with E-state index in [0.29, 0.717) is 23.1 Å². The van der Waals surface area contributed by atoms with Crippen molar-refractivity contribution in [3.8, 4) is 17.2 Å². The van der Waals surface area contributed by atoms with E-state index in [4.69, 9.17) is 51.0 Å². The maximum atomic E-state index is 14.5. The monoisotopic (exact) mass is 1600 g/mol. The Morgan fingerprint density at radius 1 is 0.423 bits per heavy atom. The van der Waals surface area contributed by atoms with Gasteiger partial charge in [0.25, 0.3) is 0 Å². The first-order valence-corrected chi connectivity index (χ1v) is 36.6. The van der Waals surface area contributed by atoms with E-state index in [1.165, 1.54) is 86.6 Å². The molecule has 0 aliphatic heterocycles. The number of aliphatic carboxylic acids is 1. The van der Waals surface area contributed by atoms with Gasteiger partial charge >= 0.3 is 5.97 Å². The fourth-order valence-electron chi connectivity index (χ4n) is 10.9. The van der Waals surface area contributed by atoms with Crippen molar-refractivity contribution < 1.29 is 87.9 Å². The summed E-state index contributed by atoms with van der Waals surface area (Å²) >= 11 is 8.80. The van der Waals surface area contributed by atoms with Crippen molar-refractivity contribution >= 4 is 114 Å². The zero-order valence-electron chi connectivity index (χ0n) is 61.8. The van der Waals surface area contributed by atoms with E-state index in [0.717, 1.165) is 6.92 Å². The average molecular weight is 1600 g/mol. The van der Waals surface area contributed by atoms with Gasteiger partial charge in [-0.25, -0.2) is 4.79 Å². The number of guanidine groups is 2. The Labute approximate surface area is 651 Å². The molecule has 3 aromatic rings. The van der Waals surface area contributed by atoms with Crippen LogP contribution in [-0.4, -0.2) is 236 Å². The number of unbranched alkanes of at least 4 members (excludes halogenated alkanes) is 1. The first-order chi connectivity index (χ1) is 52.3. The van der Waals surface area contributed by atoms with E-state index in [-0.39, 0.29) is 121 Å². The third kappa shape index (κ3) is 34.8. The standard InChI is InChI=1S/C69H108N22O18S2/c1-35(92)53(90-60(102)47(24-27-72)84-56(98)44(9-6-28-79-67(75)76)83-62(104)49(33-52(74)96)87-65(107)54(69(2,3)111)91-55(97)42(73)30-36-11-17-39(93)18-12-36)64(106)85-46(23-26-71)59(101)81-43(8-4-5-25-70)58(100)89-51(34-110)63(105)86-48(31-37-13-19-40(94)20-14-37)61(103)82-45(10-7-29-80-68(77)78)57(99)88-50(66(108)109)32-38-15-21-41(95)22-16-38/h11-22,35,42-51,53-54,92-95,110-111H,4-10,23-34,70-73H2,1-3H3,(H2,74,96)(H,81,101)(H,82,103)(H,83,104)(H,84,98)(H,85,106)(H,86,105)(H,87,107)(H,88,99)(H,89,100)(H,90,102)(H,91,97)(H,108,109)(H4,75,76,79)(H4,77,78,80)/t35-,42+,43+,44+,45+,46-,47+,48+,49+,50+,51+,53+,54-/m1/s1. The molecule has 0 radical (unpaired) electrons. The van der Waals surface area contributed by atoms with Crippen molar-refractivity contribution in [2.75, 3.05) is 38.5 Å². The van der Waals surface area contributed by atoms with E-state index in [1.54, 1.807) is 0 Å². The fourth-order valence-corrected chi connectivity index (χ4v) is 11.3. The SMILES string of the molecule is C[C@@H](O)[C@H](NC(=O)[C@H](CCN)NC(=O)[C@H](CCCNC(=N)N)NC(=O)[C@H](CC(N)=O)NC(=O)[C@@H](NC(=O)[C@@H](N)Cc1ccc(O)cc1)C(C)(C)S)C(=O)N[C@H](CCN)C(=O)N[C@@H](CCCCN)C(=O)N[C@@H](CS)C(=O)N[C@@H](Cc1ccc(O)cc1)C(=O)N[C@@H](CCCNC(=N)N)C(=O)N[C@@H](Cc1ccc(O)cc1)C(=O)O. The Bertz CT molecular complexity index is 3640. The van der Waals surface area contributed by atoms with Crippen LogP contribution >= 0.6 is 25.3 Å². The summed E-state index contributed by atoms with van der Waals surface area (Å²) in [6.45, 7) is 3.58. The predicted molar refractivity (Wildman–Crippen MR) is 413 cm³/mol. The zero-order valence-corrected chi connectivity index (χ0v) is 63.6. The molecule has 34 N–H and O–H groups in total. The van der Waals surface area contributed by atoms with Gasteiger partial charge < -0.3 is 135 Å². The van der Waals surface area contributed by atoms with Gasteiger partial charge in [0.2, 0.25) is 70.9 Å². The van der Waals surface area contributed by atoms with Gasteiger partial charge in [-0.15, -0.1) is 0 Å². The van der Waals surface area contributed by atoms with E-state index in [2.05, 4.69) is 94.4 Å². The molecule has 0 saturated heterocycles. The third-order valence-corrected chi connectivity index (χ3v) is 17.5. The Hall–Kier alpha value is -10.8. The summed E-state index contributed by atoms with van der Waals surface area (Å²) in [7, 11) is 0. The van der Waals surface area contributed by atoms with Gasteiger partial charge in [0.15, 0.2) is 11.9 Å². The number of amides is 12. The van der Waals surface area contributed by atoms with Crippen molar-refractivity contribution in [1.29, 1.82) is 10.8 Å². The third-order valence-electron chi connectivity index (χ3n) is 16.9. The molecule has 42 heteroatoms. The quantitative estimate of drug-likeness (QED) is 0.0108. The highest BCUT2D eigenvalue weighted by Gasteiger charge is 2.40. The molecule has 40 nitrogen and oxygen atoms in total. The number of nitrogens with one attached hydrogen (secondary N) is 15. The number of aliphatic hydroxyl groups excluding tert-OH is 1. The van der Waals surface area contributed by atoms with Crippen LogP contribution in [0.25, 0.3) is 0 Å². The number of nitrogens with two attached hydrogens (primary N) is 7. The lowest BCUT2D eigenvalue weighted by atomic mass is 9.99. The van der Waals surface area contributed by atoms with Crippen LogP contribution in [0.5, 0.6) is 17.2 Å². The summed E-state index contributed by atoms with van der Waals surface area (Å²) in [5.41, 5.74) is 41.6. The van der Waals surface area contributed by atoms with Gasteiger partial charge in [0, 0.05) is 36.4 Å². The minimum Gasteiger partial charge on any atom is -0.508 e. The van der Waals surface area contributed by atoms with Gasteiger partial charge in [-0.1, -0.05) is 36.4 Å². The summed E-state index contributed by atoms with van der Waals surface area (Å²) in [5.74, 6) is -15.5. The molecule has 0 unspecified atom stereocenters. The largest absolute Gasteiger partial charge is 0.508 e. The molecule has 0 spiro atoms. The molecule has 0 aliphatic rings. The number of thiol groups is 2. The van der Waals surface area contributed by atoms with Crippen LogP contribution < -0.4 is 109 Å². The summed E-state index contributed by atoms with van der Waals surface area (Å²) in [4.78, 5) is 181. The smallest absolute Gasteiger partial charge is 0.326 e. The highest BCUT2D eigenvalue weighted by Crippen LogP contribution is 2.21. The number of benzene rings is 3. The van der Waals surface area contributed by atoms with E-state index in [9.17, 15) is 87.9 Å². The number of carboxylic acids is 1. The van der Waals surface area contributed by atoms with Crippen molar-refractivity contribution in [1.82, 2.24) is 69.1 Å². The van der Waals surface area contributed by atoms with Crippen LogP contribution in [0, 0.1) is 10.8 Å². The summed E-state index contributed by atoms with van der Waals surface area (Å²) in [6, 6.07) is -2.17. The maximum absolute atomic E-state index is 14.5. The number of hydrogen-bond donors (Lipinski definition) is 29. The van der Waals surface area contributed by atoms with Crippen molar-refractivity contribution in [2.45, 2.75) is 188 Å². The van der Waals surface area contributed by atoms with Crippen molar-refractivity contribution in [3.05, 3.63) is 89.5 Å². The first-order valence-electron chi connectivity index (χ1n) is 35.5. The molecule has 0 aromatic heterocycles. The van der Waals surface area contributed by atoms with Gasteiger partial charge in [0.05, 0.1) is 18.6 Å². The molecule has 0 bridgehead atoms.